The molecule has 0 saturated carbocycles. The first-order valence-electron chi connectivity index (χ1n) is 13.6. The molecule has 0 spiro atoms. The lowest BCUT2D eigenvalue weighted by Crippen LogP contribution is -2.65. The average Bonchev–Trinajstić information content (AvgIpc) is 3.43. The fourth-order valence-corrected chi connectivity index (χ4v) is 5.13. The molecule has 41 heavy (non-hydrogen) atoms. The van der Waals surface area contributed by atoms with Crippen LogP contribution in [0.25, 0.3) is 0 Å². The maximum atomic E-state index is 11.3. The fraction of sp³-hybridized carbons (Fsp3) is 1.00. The summed E-state index contributed by atoms with van der Waals surface area (Å²) in [5, 5.41) is 91.5. The summed E-state index contributed by atoms with van der Waals surface area (Å²) in [7, 11) is 0. The van der Waals surface area contributed by atoms with Gasteiger partial charge in [0.2, 0.25) is 0 Å². The van der Waals surface area contributed by atoms with Crippen LogP contribution in [0.15, 0.2) is 0 Å². The molecule has 17 atom stereocenters. The Bertz CT molecular complexity index is 806. The van der Waals surface area contributed by atoms with E-state index in [0.717, 1.165) is 0 Å². The Morgan fingerprint density at radius 3 is 2.00 bits per heavy atom. The smallest absolute Gasteiger partial charge is 0.187 e. The normalized spacial score (nSPS) is 50.1. The van der Waals surface area contributed by atoms with E-state index in [0.29, 0.717) is 0 Å². The van der Waals surface area contributed by atoms with Gasteiger partial charge in [0.15, 0.2) is 25.2 Å². The van der Waals surface area contributed by atoms with Crippen LogP contribution >= 0.6 is 0 Å². The van der Waals surface area contributed by atoms with Gasteiger partial charge in [0, 0.05) is 6.42 Å². The first-order chi connectivity index (χ1) is 19.5. The van der Waals surface area contributed by atoms with Crippen LogP contribution in [0.1, 0.15) is 20.3 Å². The van der Waals surface area contributed by atoms with Crippen LogP contribution in [0.4, 0.5) is 0 Å². The first kappa shape index (κ1) is 33.2. The van der Waals surface area contributed by atoms with E-state index in [-0.39, 0.29) is 19.6 Å². The minimum absolute atomic E-state index is 0.0488. The summed E-state index contributed by atoms with van der Waals surface area (Å²) in [6, 6.07) is 0. The second-order valence-electron chi connectivity index (χ2n) is 10.7. The van der Waals surface area contributed by atoms with E-state index in [9.17, 15) is 46.0 Å². The Labute approximate surface area is 235 Å². The quantitative estimate of drug-likeness (QED) is 0.113. The summed E-state index contributed by atoms with van der Waals surface area (Å²) in [5.41, 5.74) is 0. The zero-order valence-corrected chi connectivity index (χ0v) is 22.6. The van der Waals surface area contributed by atoms with Crippen LogP contribution in [-0.2, 0) is 37.9 Å². The minimum atomic E-state index is -1.77. The van der Waals surface area contributed by atoms with Crippen molar-refractivity contribution >= 4 is 0 Å². The molecule has 9 N–H and O–H groups in total. The molecule has 0 aliphatic carbocycles. The van der Waals surface area contributed by atoms with Gasteiger partial charge < -0.3 is 83.9 Å². The van der Waals surface area contributed by atoms with Crippen molar-refractivity contribution in [1.82, 2.24) is 0 Å². The Hall–Kier alpha value is -0.680. The molecule has 4 aliphatic heterocycles. The number of rotatable bonds is 10. The van der Waals surface area contributed by atoms with Crippen molar-refractivity contribution in [2.75, 3.05) is 26.4 Å². The summed E-state index contributed by atoms with van der Waals surface area (Å²) in [6.45, 7) is 1.49. The van der Waals surface area contributed by atoms with Gasteiger partial charge in [-0.05, 0) is 13.8 Å². The molecule has 17 nitrogen and oxygen atoms in total. The van der Waals surface area contributed by atoms with Crippen LogP contribution in [0.3, 0.4) is 0 Å². The van der Waals surface area contributed by atoms with Crippen molar-refractivity contribution in [3.63, 3.8) is 0 Å². The zero-order valence-electron chi connectivity index (χ0n) is 22.6. The first-order valence-corrected chi connectivity index (χ1v) is 13.6. The third-order valence-corrected chi connectivity index (χ3v) is 7.64. The third-order valence-electron chi connectivity index (χ3n) is 7.64. The van der Waals surface area contributed by atoms with E-state index < -0.39 is 118 Å². The largest absolute Gasteiger partial charge is 0.394 e. The molecule has 4 rings (SSSR count). The summed E-state index contributed by atoms with van der Waals surface area (Å²) in [5.74, 6) is 0. The number of ether oxygens (including phenoxy) is 8. The molecule has 0 amide bonds. The van der Waals surface area contributed by atoms with Crippen molar-refractivity contribution in [2.45, 2.75) is 125 Å². The number of hydrogen-bond donors (Lipinski definition) is 9. The minimum Gasteiger partial charge on any atom is -0.394 e. The molecule has 4 saturated heterocycles. The Morgan fingerprint density at radius 1 is 0.683 bits per heavy atom. The zero-order chi connectivity index (χ0) is 30.0. The molecule has 0 aromatic heterocycles. The van der Waals surface area contributed by atoms with Crippen molar-refractivity contribution in [3.05, 3.63) is 0 Å². The standard InChI is InChI=1S/C24H42O17/c1-8-11(28)3-12(29)21(35-8)41-20-18(33)24(39-14(6-27)22-34-7-10(4-25)37-22)36-9(2)19(20)40-23-17(32)16(31)15(30)13(5-26)38-23/h8-33H,3-7H2,1-2H3/t8-,9+,10-,11-,12-,13-,14-,15+,16+,17-,18-,19+,20+,21-,22+,23+,24-/m1/s1. The van der Waals surface area contributed by atoms with E-state index >= 15 is 0 Å². The van der Waals surface area contributed by atoms with E-state index in [1.807, 2.05) is 0 Å². The molecule has 17 heteroatoms. The van der Waals surface area contributed by atoms with Crippen molar-refractivity contribution in [1.29, 1.82) is 0 Å². The lowest BCUT2D eigenvalue weighted by atomic mass is 9.96. The van der Waals surface area contributed by atoms with Gasteiger partial charge in [0.25, 0.3) is 0 Å². The molecule has 4 heterocycles. The SMILES string of the molecule is C[C@@H]1O[C@H](O[C@H](CO)[C@H]2OC[C@@H](CO)O2)[C@H](O)[C@H](O[C@H]2O[C@H](C)[C@H](O)C[C@H]2O)[C@H]1O[C@@H]1O[C@H](CO)[C@H](O)[C@H](O)[C@H]1O. The van der Waals surface area contributed by atoms with Gasteiger partial charge in [-0.25, -0.2) is 0 Å². The summed E-state index contributed by atoms with van der Waals surface area (Å²) < 4.78 is 45.4. The van der Waals surface area contributed by atoms with Gasteiger partial charge in [-0.3, -0.25) is 0 Å². The van der Waals surface area contributed by atoms with Gasteiger partial charge in [-0.1, -0.05) is 0 Å². The fourth-order valence-electron chi connectivity index (χ4n) is 5.13. The van der Waals surface area contributed by atoms with Crippen LogP contribution < -0.4 is 0 Å². The van der Waals surface area contributed by atoms with Crippen LogP contribution in [-0.4, -0.2) is 177 Å². The van der Waals surface area contributed by atoms with Gasteiger partial charge in [-0.2, -0.15) is 0 Å². The molecule has 0 radical (unpaired) electrons. The Balaban J connectivity index is 1.54. The van der Waals surface area contributed by atoms with Crippen LogP contribution in [0.2, 0.25) is 0 Å². The van der Waals surface area contributed by atoms with Crippen LogP contribution in [0.5, 0.6) is 0 Å². The highest BCUT2D eigenvalue weighted by atomic mass is 16.8. The van der Waals surface area contributed by atoms with Crippen LogP contribution in [0, 0.1) is 0 Å². The lowest BCUT2D eigenvalue weighted by Gasteiger charge is -2.48. The Kier molecular flexibility index (Phi) is 11.7. The predicted octanol–water partition coefficient (Wildman–Crippen LogP) is -5.37. The topological polar surface area (TPSA) is 256 Å². The molecule has 0 unspecified atom stereocenters. The summed E-state index contributed by atoms with van der Waals surface area (Å²) >= 11 is 0. The number of hydrogen-bond acceptors (Lipinski definition) is 17. The number of aliphatic hydroxyl groups excluding tert-OH is 9. The highest BCUT2D eigenvalue weighted by Crippen LogP contribution is 2.34. The monoisotopic (exact) mass is 602 g/mol. The molecule has 4 aliphatic rings. The number of aliphatic hydroxyl groups is 9. The van der Waals surface area contributed by atoms with Crippen molar-refractivity contribution in [3.8, 4) is 0 Å². The molecule has 0 aromatic rings. The predicted molar refractivity (Wildman–Crippen MR) is 128 cm³/mol. The lowest BCUT2D eigenvalue weighted by molar-refractivity contribution is -0.385. The van der Waals surface area contributed by atoms with Crippen molar-refractivity contribution < 1.29 is 83.9 Å². The van der Waals surface area contributed by atoms with E-state index in [4.69, 9.17) is 37.9 Å². The summed E-state index contributed by atoms with van der Waals surface area (Å²) in [6.07, 6.45) is -22.2. The van der Waals surface area contributed by atoms with E-state index in [1.54, 1.807) is 6.92 Å². The van der Waals surface area contributed by atoms with Gasteiger partial charge in [0.05, 0.1) is 44.7 Å². The molecular weight excluding hydrogens is 560 g/mol. The van der Waals surface area contributed by atoms with Gasteiger partial charge >= 0.3 is 0 Å². The third kappa shape index (κ3) is 7.35. The average molecular weight is 603 g/mol. The molecule has 0 aromatic carbocycles. The second kappa shape index (κ2) is 14.4. The maximum absolute atomic E-state index is 11.3. The summed E-state index contributed by atoms with van der Waals surface area (Å²) in [4.78, 5) is 0. The molecule has 0 bridgehead atoms. The van der Waals surface area contributed by atoms with E-state index in [2.05, 4.69) is 0 Å². The molecule has 240 valence electrons. The van der Waals surface area contributed by atoms with E-state index in [1.165, 1.54) is 6.92 Å². The van der Waals surface area contributed by atoms with Gasteiger partial charge in [-0.15, -0.1) is 0 Å². The van der Waals surface area contributed by atoms with Crippen molar-refractivity contribution in [2.24, 2.45) is 0 Å². The highest BCUT2D eigenvalue weighted by Gasteiger charge is 2.53. The highest BCUT2D eigenvalue weighted by molar-refractivity contribution is 4.95. The maximum Gasteiger partial charge on any atom is 0.187 e. The van der Waals surface area contributed by atoms with Gasteiger partial charge in [0.1, 0.15) is 61.0 Å². The molecule has 4 fully saturated rings. The Morgan fingerprint density at radius 2 is 1.37 bits per heavy atom. The second-order valence-corrected chi connectivity index (χ2v) is 10.7. The molecular formula is C24H42O17.